The molecule has 1 aliphatic heterocycles. The van der Waals surface area contributed by atoms with E-state index in [1.807, 2.05) is 12.1 Å². The summed E-state index contributed by atoms with van der Waals surface area (Å²) < 4.78 is 11.0. The summed E-state index contributed by atoms with van der Waals surface area (Å²) in [7, 11) is 3.43. The second-order valence-corrected chi connectivity index (χ2v) is 5.90. The van der Waals surface area contributed by atoms with Gasteiger partial charge in [-0.1, -0.05) is 19.9 Å². The average molecular weight is 321 g/mol. The summed E-state index contributed by atoms with van der Waals surface area (Å²) >= 11 is 0. The van der Waals surface area contributed by atoms with Crippen molar-refractivity contribution < 1.29 is 9.47 Å². The van der Waals surface area contributed by atoms with E-state index in [1.165, 1.54) is 5.56 Å². The van der Waals surface area contributed by atoms with Crippen molar-refractivity contribution in [3.63, 3.8) is 0 Å². The highest BCUT2D eigenvalue weighted by Gasteiger charge is 2.26. The van der Waals surface area contributed by atoms with Gasteiger partial charge in [0.2, 0.25) is 0 Å². The van der Waals surface area contributed by atoms with Crippen molar-refractivity contribution in [3.05, 3.63) is 23.8 Å². The number of benzene rings is 1. The molecule has 1 heterocycles. The van der Waals surface area contributed by atoms with Gasteiger partial charge in [-0.3, -0.25) is 4.90 Å². The molecule has 0 amide bonds. The lowest BCUT2D eigenvalue weighted by molar-refractivity contribution is 0.127. The Hall–Kier alpha value is -1.30. The Morgan fingerprint density at radius 3 is 2.39 bits per heavy atom. The highest BCUT2D eigenvalue weighted by atomic mass is 16.5. The first-order valence-electron chi connectivity index (χ1n) is 8.62. The number of hydrogen-bond acceptors (Lipinski definition) is 5. The van der Waals surface area contributed by atoms with Crippen LogP contribution in [-0.4, -0.2) is 69.8 Å². The van der Waals surface area contributed by atoms with E-state index in [0.717, 1.165) is 57.3 Å². The third-order valence-corrected chi connectivity index (χ3v) is 4.72. The molecule has 0 aromatic heterocycles. The van der Waals surface area contributed by atoms with Crippen molar-refractivity contribution in [1.29, 1.82) is 0 Å². The van der Waals surface area contributed by atoms with Gasteiger partial charge in [0.1, 0.15) is 11.5 Å². The molecule has 0 saturated carbocycles. The summed E-state index contributed by atoms with van der Waals surface area (Å²) in [5, 5.41) is 3.44. The molecular weight excluding hydrogens is 290 g/mol. The molecule has 1 fully saturated rings. The maximum atomic E-state index is 5.67. The number of rotatable bonds is 8. The van der Waals surface area contributed by atoms with Gasteiger partial charge in [-0.15, -0.1) is 0 Å². The van der Waals surface area contributed by atoms with E-state index >= 15 is 0 Å². The van der Waals surface area contributed by atoms with Crippen molar-refractivity contribution in [2.24, 2.45) is 0 Å². The monoisotopic (exact) mass is 321 g/mol. The highest BCUT2D eigenvalue weighted by Crippen LogP contribution is 2.33. The quantitative estimate of drug-likeness (QED) is 0.792. The fraction of sp³-hybridized carbons (Fsp3) is 0.667. The van der Waals surface area contributed by atoms with Gasteiger partial charge in [0.05, 0.1) is 20.3 Å². The number of methoxy groups -OCH3 is 2. The van der Waals surface area contributed by atoms with Gasteiger partial charge < -0.3 is 19.7 Å². The van der Waals surface area contributed by atoms with Crippen LogP contribution in [0.2, 0.25) is 0 Å². The summed E-state index contributed by atoms with van der Waals surface area (Å²) in [5.74, 6) is 1.76. The van der Waals surface area contributed by atoms with Crippen LogP contribution in [0.1, 0.15) is 25.5 Å². The number of piperazine rings is 1. The van der Waals surface area contributed by atoms with Crippen LogP contribution in [0, 0.1) is 0 Å². The van der Waals surface area contributed by atoms with E-state index in [9.17, 15) is 0 Å². The van der Waals surface area contributed by atoms with E-state index in [1.54, 1.807) is 14.2 Å². The molecule has 0 spiro atoms. The van der Waals surface area contributed by atoms with Crippen molar-refractivity contribution in [1.82, 2.24) is 15.1 Å². The predicted octanol–water partition coefficient (Wildman–Crippen LogP) is 1.99. The molecule has 1 saturated heterocycles. The molecule has 5 nitrogen and oxygen atoms in total. The summed E-state index contributed by atoms with van der Waals surface area (Å²) in [5.41, 5.74) is 1.25. The Morgan fingerprint density at radius 1 is 1.13 bits per heavy atom. The minimum absolute atomic E-state index is 0.345. The zero-order chi connectivity index (χ0) is 16.7. The molecule has 0 bridgehead atoms. The van der Waals surface area contributed by atoms with E-state index in [2.05, 4.69) is 35.0 Å². The zero-order valence-electron chi connectivity index (χ0n) is 15.0. The molecule has 0 aliphatic carbocycles. The van der Waals surface area contributed by atoms with Crippen LogP contribution in [0.25, 0.3) is 0 Å². The number of ether oxygens (including phenoxy) is 2. The summed E-state index contributed by atoms with van der Waals surface area (Å²) in [6.07, 6.45) is 0. The molecule has 1 aromatic carbocycles. The minimum atomic E-state index is 0.345. The first-order chi connectivity index (χ1) is 11.2. The lowest BCUT2D eigenvalue weighted by atomic mass is 10.0. The van der Waals surface area contributed by atoms with Gasteiger partial charge in [0.15, 0.2) is 0 Å². The van der Waals surface area contributed by atoms with Crippen LogP contribution in [-0.2, 0) is 0 Å². The van der Waals surface area contributed by atoms with E-state index in [0.29, 0.717) is 6.04 Å². The second-order valence-electron chi connectivity index (χ2n) is 5.90. The SMILES string of the molecule is CCN(CC)CC(c1ccc(OC)cc1OC)N1CCNCC1. The van der Waals surface area contributed by atoms with Crippen molar-refractivity contribution in [2.75, 3.05) is 60.0 Å². The summed E-state index contributed by atoms with van der Waals surface area (Å²) in [4.78, 5) is 5.05. The van der Waals surface area contributed by atoms with Gasteiger partial charge in [0.25, 0.3) is 0 Å². The van der Waals surface area contributed by atoms with Gasteiger partial charge in [0, 0.05) is 44.4 Å². The fourth-order valence-electron chi connectivity index (χ4n) is 3.22. The highest BCUT2D eigenvalue weighted by molar-refractivity contribution is 5.42. The standard InChI is InChI=1S/C18H31N3O2/c1-5-20(6-2)14-17(21-11-9-19-10-12-21)16-8-7-15(22-3)13-18(16)23-4/h7-8,13,17,19H,5-6,9-12,14H2,1-4H3. The molecule has 1 atom stereocenters. The smallest absolute Gasteiger partial charge is 0.127 e. The molecule has 5 heteroatoms. The minimum Gasteiger partial charge on any atom is -0.497 e. The van der Waals surface area contributed by atoms with Crippen molar-refractivity contribution in [2.45, 2.75) is 19.9 Å². The number of nitrogens with zero attached hydrogens (tertiary/aromatic N) is 2. The molecular formula is C18H31N3O2. The Kier molecular flexibility index (Phi) is 7.15. The number of likely N-dealkylation sites (N-methyl/N-ethyl adjacent to an activating group) is 1. The van der Waals surface area contributed by atoms with Gasteiger partial charge in [-0.2, -0.15) is 0 Å². The maximum absolute atomic E-state index is 5.67. The molecule has 23 heavy (non-hydrogen) atoms. The van der Waals surface area contributed by atoms with Crippen LogP contribution >= 0.6 is 0 Å². The van der Waals surface area contributed by atoms with Crippen LogP contribution < -0.4 is 14.8 Å². The lowest BCUT2D eigenvalue weighted by Gasteiger charge is -2.38. The van der Waals surface area contributed by atoms with Crippen molar-refractivity contribution in [3.8, 4) is 11.5 Å². The fourth-order valence-corrected chi connectivity index (χ4v) is 3.22. The Morgan fingerprint density at radius 2 is 1.83 bits per heavy atom. The first kappa shape index (κ1) is 18.0. The largest absolute Gasteiger partial charge is 0.497 e. The van der Waals surface area contributed by atoms with E-state index in [4.69, 9.17) is 9.47 Å². The summed E-state index contributed by atoms with van der Waals surface area (Å²) in [6, 6.07) is 6.54. The number of nitrogens with one attached hydrogen (secondary N) is 1. The average Bonchev–Trinajstić information content (AvgIpc) is 2.63. The third-order valence-electron chi connectivity index (χ3n) is 4.72. The van der Waals surface area contributed by atoms with Gasteiger partial charge in [-0.25, -0.2) is 0 Å². The first-order valence-corrected chi connectivity index (χ1v) is 8.62. The van der Waals surface area contributed by atoms with Gasteiger partial charge in [-0.05, 0) is 19.2 Å². The van der Waals surface area contributed by atoms with Crippen molar-refractivity contribution >= 4 is 0 Å². The Bertz CT molecular complexity index is 471. The van der Waals surface area contributed by atoms with Crippen LogP contribution in [0.15, 0.2) is 18.2 Å². The normalized spacial score (nSPS) is 17.3. The zero-order valence-corrected chi connectivity index (χ0v) is 15.0. The molecule has 130 valence electrons. The molecule has 1 unspecified atom stereocenters. The van der Waals surface area contributed by atoms with Crippen LogP contribution in [0.3, 0.4) is 0 Å². The topological polar surface area (TPSA) is 37.0 Å². The lowest BCUT2D eigenvalue weighted by Crippen LogP contribution is -2.48. The van der Waals surface area contributed by atoms with Gasteiger partial charge >= 0.3 is 0 Å². The molecule has 2 rings (SSSR count). The molecule has 1 N–H and O–H groups in total. The predicted molar refractivity (Wildman–Crippen MR) is 94.5 cm³/mol. The second kappa shape index (κ2) is 9.11. The van der Waals surface area contributed by atoms with E-state index < -0.39 is 0 Å². The Balaban J connectivity index is 2.31. The van der Waals surface area contributed by atoms with E-state index in [-0.39, 0.29) is 0 Å². The van der Waals surface area contributed by atoms with Crippen LogP contribution in [0.5, 0.6) is 11.5 Å². The third kappa shape index (κ3) is 4.59. The number of hydrogen-bond donors (Lipinski definition) is 1. The summed E-state index contributed by atoms with van der Waals surface area (Å²) in [6.45, 7) is 11.8. The maximum Gasteiger partial charge on any atom is 0.127 e. The Labute approximate surface area is 140 Å². The molecule has 0 radical (unpaired) electrons. The molecule has 1 aromatic rings. The van der Waals surface area contributed by atoms with Crippen LogP contribution in [0.4, 0.5) is 0 Å². The molecule has 1 aliphatic rings.